The Balaban J connectivity index is 1.78. The van der Waals surface area contributed by atoms with Crippen LogP contribution >= 0.6 is 11.7 Å². The van der Waals surface area contributed by atoms with Crippen molar-refractivity contribution in [1.29, 1.82) is 0 Å². The molecule has 2 rings (SSSR count). The number of rotatable bonds is 8. The molecule has 0 aliphatic carbocycles. The maximum Gasteiger partial charge on any atom is 0.245 e. The third kappa shape index (κ3) is 4.66. The molecule has 21 heavy (non-hydrogen) atoms. The van der Waals surface area contributed by atoms with Gasteiger partial charge in [-0.3, -0.25) is 0 Å². The number of nitrogens with one attached hydrogen (secondary N) is 1. The SMILES string of the molecule is COc1ccccc1[C@@H](C)NCC(O)COc1cnsn1. The summed E-state index contributed by atoms with van der Waals surface area (Å²) < 4.78 is 18.4. The fraction of sp³-hybridized carbons (Fsp3) is 0.429. The summed E-state index contributed by atoms with van der Waals surface area (Å²) in [6.45, 7) is 2.61. The van der Waals surface area contributed by atoms with E-state index in [2.05, 4.69) is 14.1 Å². The molecule has 0 aliphatic rings. The Hall–Kier alpha value is -1.70. The number of ether oxygens (including phenoxy) is 2. The van der Waals surface area contributed by atoms with Gasteiger partial charge in [0.1, 0.15) is 24.7 Å². The maximum absolute atomic E-state index is 9.91. The average Bonchev–Trinajstić information content (AvgIpc) is 3.04. The van der Waals surface area contributed by atoms with Gasteiger partial charge in [0.05, 0.1) is 18.8 Å². The minimum Gasteiger partial charge on any atom is -0.496 e. The van der Waals surface area contributed by atoms with Crippen molar-refractivity contribution >= 4 is 11.7 Å². The van der Waals surface area contributed by atoms with Crippen molar-refractivity contribution in [2.45, 2.75) is 19.1 Å². The quantitative estimate of drug-likeness (QED) is 0.772. The Morgan fingerprint density at radius 2 is 2.19 bits per heavy atom. The van der Waals surface area contributed by atoms with E-state index in [9.17, 15) is 5.11 Å². The van der Waals surface area contributed by atoms with Crippen LogP contribution in [-0.4, -0.2) is 40.2 Å². The van der Waals surface area contributed by atoms with Gasteiger partial charge in [0.25, 0.3) is 0 Å². The highest BCUT2D eigenvalue weighted by molar-refractivity contribution is 6.99. The van der Waals surface area contributed by atoms with Crippen molar-refractivity contribution in [3.05, 3.63) is 36.0 Å². The van der Waals surface area contributed by atoms with Crippen molar-refractivity contribution in [3.63, 3.8) is 0 Å². The summed E-state index contributed by atoms with van der Waals surface area (Å²) in [5, 5.41) is 13.2. The Kier molecular flexibility index (Phi) is 5.91. The lowest BCUT2D eigenvalue weighted by Crippen LogP contribution is -2.33. The molecule has 0 saturated carbocycles. The van der Waals surface area contributed by atoms with Crippen molar-refractivity contribution in [2.24, 2.45) is 0 Å². The normalized spacial score (nSPS) is 13.7. The van der Waals surface area contributed by atoms with E-state index >= 15 is 0 Å². The lowest BCUT2D eigenvalue weighted by atomic mass is 10.1. The molecule has 1 unspecified atom stereocenters. The van der Waals surface area contributed by atoms with Crippen molar-refractivity contribution < 1.29 is 14.6 Å². The number of hydrogen-bond donors (Lipinski definition) is 2. The monoisotopic (exact) mass is 309 g/mol. The molecule has 7 heteroatoms. The molecule has 0 saturated heterocycles. The molecule has 1 aromatic carbocycles. The van der Waals surface area contributed by atoms with Crippen LogP contribution in [0, 0.1) is 0 Å². The molecule has 0 radical (unpaired) electrons. The molecule has 0 amide bonds. The minimum absolute atomic E-state index is 0.0664. The highest BCUT2D eigenvalue weighted by atomic mass is 32.1. The second-order valence-corrected chi connectivity index (χ2v) is 5.14. The van der Waals surface area contributed by atoms with Crippen LogP contribution in [0.15, 0.2) is 30.5 Å². The predicted molar refractivity (Wildman–Crippen MR) is 80.8 cm³/mol. The van der Waals surface area contributed by atoms with Crippen LogP contribution in [-0.2, 0) is 0 Å². The Labute approximate surface area is 128 Å². The van der Waals surface area contributed by atoms with Gasteiger partial charge in [-0.05, 0) is 13.0 Å². The molecule has 114 valence electrons. The third-order valence-electron chi connectivity index (χ3n) is 3.03. The lowest BCUT2D eigenvalue weighted by molar-refractivity contribution is 0.102. The third-order valence-corrected chi connectivity index (χ3v) is 3.49. The van der Waals surface area contributed by atoms with E-state index in [0.717, 1.165) is 23.0 Å². The maximum atomic E-state index is 9.91. The lowest BCUT2D eigenvalue weighted by Gasteiger charge is -2.19. The molecular formula is C14H19N3O3S. The van der Waals surface area contributed by atoms with Crippen molar-refractivity contribution in [2.75, 3.05) is 20.3 Å². The zero-order chi connectivity index (χ0) is 15.1. The van der Waals surface area contributed by atoms with Crippen LogP contribution in [0.4, 0.5) is 0 Å². The van der Waals surface area contributed by atoms with Crippen LogP contribution in [0.1, 0.15) is 18.5 Å². The molecule has 2 N–H and O–H groups in total. The first-order valence-electron chi connectivity index (χ1n) is 6.65. The highest BCUT2D eigenvalue weighted by Crippen LogP contribution is 2.24. The number of nitrogens with zero attached hydrogens (tertiary/aromatic N) is 2. The summed E-state index contributed by atoms with van der Waals surface area (Å²) in [7, 11) is 1.65. The topological polar surface area (TPSA) is 76.5 Å². The van der Waals surface area contributed by atoms with E-state index < -0.39 is 6.10 Å². The number of aromatic nitrogens is 2. The van der Waals surface area contributed by atoms with Crippen LogP contribution in [0.3, 0.4) is 0 Å². The summed E-state index contributed by atoms with van der Waals surface area (Å²) in [4.78, 5) is 0. The van der Waals surface area contributed by atoms with Crippen molar-refractivity contribution in [3.8, 4) is 11.6 Å². The summed E-state index contributed by atoms with van der Waals surface area (Å²) in [6.07, 6.45) is 0.909. The van der Waals surface area contributed by atoms with Gasteiger partial charge in [0, 0.05) is 18.2 Å². The van der Waals surface area contributed by atoms with E-state index in [0.29, 0.717) is 12.4 Å². The fourth-order valence-corrected chi connectivity index (χ4v) is 2.27. The highest BCUT2D eigenvalue weighted by Gasteiger charge is 2.13. The zero-order valence-corrected chi connectivity index (χ0v) is 12.8. The molecule has 6 nitrogen and oxygen atoms in total. The summed E-state index contributed by atoms with van der Waals surface area (Å²) >= 11 is 1.07. The number of hydrogen-bond acceptors (Lipinski definition) is 7. The van der Waals surface area contributed by atoms with Gasteiger partial charge in [0.2, 0.25) is 5.88 Å². The van der Waals surface area contributed by atoms with Crippen molar-refractivity contribution in [1.82, 2.24) is 14.1 Å². The molecule has 0 aliphatic heterocycles. The second kappa shape index (κ2) is 7.92. The smallest absolute Gasteiger partial charge is 0.245 e. The number of methoxy groups -OCH3 is 1. The standard InChI is InChI=1S/C14H19N3O3S/c1-10(12-5-3-4-6-13(12)19-2)15-7-11(18)9-20-14-8-16-21-17-14/h3-6,8,10-11,15,18H,7,9H2,1-2H3/t10-,11?/m1/s1. The van der Waals surface area contributed by atoms with Gasteiger partial charge in [-0.15, -0.1) is 4.37 Å². The van der Waals surface area contributed by atoms with Gasteiger partial charge in [-0.25, -0.2) is 0 Å². The predicted octanol–water partition coefficient (Wildman–Crippen LogP) is 1.64. The first-order valence-corrected chi connectivity index (χ1v) is 7.38. The number of para-hydroxylation sites is 1. The van der Waals surface area contributed by atoms with Crippen LogP contribution in [0.25, 0.3) is 0 Å². The first-order chi connectivity index (χ1) is 10.2. The largest absolute Gasteiger partial charge is 0.496 e. The number of benzene rings is 1. The van der Waals surface area contributed by atoms with Gasteiger partial charge in [-0.2, -0.15) is 4.37 Å². The van der Waals surface area contributed by atoms with Gasteiger partial charge >= 0.3 is 0 Å². The zero-order valence-electron chi connectivity index (χ0n) is 12.0. The minimum atomic E-state index is -0.621. The van der Waals surface area contributed by atoms with Crippen LogP contribution in [0.2, 0.25) is 0 Å². The summed E-state index contributed by atoms with van der Waals surface area (Å²) in [5.74, 6) is 1.27. The summed E-state index contributed by atoms with van der Waals surface area (Å²) in [5.41, 5.74) is 1.05. The van der Waals surface area contributed by atoms with Gasteiger partial charge in [-0.1, -0.05) is 18.2 Å². The Bertz CT molecular complexity index is 536. The first kappa shape index (κ1) is 15.7. The van der Waals surface area contributed by atoms with E-state index in [1.165, 1.54) is 6.20 Å². The van der Waals surface area contributed by atoms with E-state index in [4.69, 9.17) is 9.47 Å². The number of aliphatic hydroxyl groups excluding tert-OH is 1. The van der Waals surface area contributed by atoms with E-state index in [-0.39, 0.29) is 12.6 Å². The Morgan fingerprint density at radius 1 is 1.38 bits per heavy atom. The average molecular weight is 309 g/mol. The molecule has 1 heterocycles. The van der Waals surface area contributed by atoms with E-state index in [1.807, 2.05) is 31.2 Å². The molecule has 1 aromatic heterocycles. The Morgan fingerprint density at radius 3 is 2.90 bits per heavy atom. The molecule has 0 spiro atoms. The van der Waals surface area contributed by atoms with Crippen LogP contribution in [0.5, 0.6) is 11.6 Å². The molecule has 2 aromatic rings. The molecular weight excluding hydrogens is 290 g/mol. The molecule has 0 fully saturated rings. The van der Waals surface area contributed by atoms with Crippen LogP contribution < -0.4 is 14.8 Å². The van der Waals surface area contributed by atoms with E-state index in [1.54, 1.807) is 7.11 Å². The second-order valence-electron chi connectivity index (χ2n) is 4.58. The number of aliphatic hydroxyl groups is 1. The van der Waals surface area contributed by atoms with Gasteiger partial charge in [0.15, 0.2) is 0 Å². The van der Waals surface area contributed by atoms with Gasteiger partial charge < -0.3 is 19.9 Å². The summed E-state index contributed by atoms with van der Waals surface area (Å²) in [6, 6.07) is 7.88. The molecule has 2 atom stereocenters. The molecule has 0 bridgehead atoms. The fourth-order valence-electron chi connectivity index (χ4n) is 1.91.